The van der Waals surface area contributed by atoms with Crippen molar-refractivity contribution in [2.75, 3.05) is 11.9 Å². The number of nitrogens with zero attached hydrogens (tertiary/aromatic N) is 2. The van der Waals surface area contributed by atoms with E-state index in [1.165, 1.54) is 6.07 Å². The summed E-state index contributed by atoms with van der Waals surface area (Å²) in [5, 5.41) is 9.72. The van der Waals surface area contributed by atoms with Gasteiger partial charge in [-0.2, -0.15) is 13.2 Å². The Balaban J connectivity index is 1.86. The predicted octanol–water partition coefficient (Wildman–Crippen LogP) is 2.42. The number of alkyl halides is 3. The van der Waals surface area contributed by atoms with Gasteiger partial charge >= 0.3 is 6.18 Å². The van der Waals surface area contributed by atoms with Crippen molar-refractivity contribution in [3.8, 4) is 0 Å². The maximum Gasteiger partial charge on any atom is 0.435 e. The molecule has 0 radical (unpaired) electrons. The Labute approximate surface area is 109 Å². The lowest BCUT2D eigenvalue weighted by Gasteiger charge is -2.26. The highest BCUT2D eigenvalue weighted by Gasteiger charge is 2.32. The van der Waals surface area contributed by atoms with E-state index in [1.54, 1.807) is 0 Å². The van der Waals surface area contributed by atoms with E-state index in [-0.39, 0.29) is 6.04 Å². The van der Waals surface area contributed by atoms with Crippen molar-refractivity contribution < 1.29 is 13.2 Å². The van der Waals surface area contributed by atoms with Gasteiger partial charge in [-0.05, 0) is 37.3 Å². The minimum atomic E-state index is -4.44. The van der Waals surface area contributed by atoms with Crippen molar-refractivity contribution in [3.05, 3.63) is 17.8 Å². The predicted molar refractivity (Wildman–Crippen MR) is 65.5 cm³/mol. The van der Waals surface area contributed by atoms with E-state index in [2.05, 4.69) is 15.5 Å². The number of nitrogens with one attached hydrogen (secondary N) is 1. The van der Waals surface area contributed by atoms with Crippen molar-refractivity contribution in [1.82, 2.24) is 10.2 Å². The van der Waals surface area contributed by atoms with Gasteiger partial charge in [0.2, 0.25) is 0 Å². The molecule has 0 aromatic carbocycles. The molecule has 2 atom stereocenters. The molecule has 1 aromatic heterocycles. The van der Waals surface area contributed by atoms with Crippen LogP contribution in [-0.4, -0.2) is 22.8 Å². The summed E-state index contributed by atoms with van der Waals surface area (Å²) >= 11 is 0. The van der Waals surface area contributed by atoms with Gasteiger partial charge in [-0.25, -0.2) is 0 Å². The zero-order valence-electron chi connectivity index (χ0n) is 10.5. The molecule has 1 aliphatic rings. The summed E-state index contributed by atoms with van der Waals surface area (Å²) in [4.78, 5) is 0. The zero-order valence-corrected chi connectivity index (χ0v) is 10.5. The van der Waals surface area contributed by atoms with Crippen molar-refractivity contribution >= 4 is 5.82 Å². The first kappa shape index (κ1) is 14.0. The zero-order chi connectivity index (χ0) is 13.9. The maximum absolute atomic E-state index is 12.3. The third kappa shape index (κ3) is 4.05. The minimum absolute atomic E-state index is 0.235. The molecule has 3 N–H and O–H groups in total. The number of hydrogen-bond acceptors (Lipinski definition) is 4. The first-order valence-corrected chi connectivity index (χ1v) is 6.35. The van der Waals surface area contributed by atoms with Crippen LogP contribution in [-0.2, 0) is 6.18 Å². The van der Waals surface area contributed by atoms with Crippen LogP contribution in [0.1, 0.15) is 31.4 Å². The van der Waals surface area contributed by atoms with E-state index in [0.717, 1.165) is 31.7 Å². The molecule has 0 amide bonds. The molecule has 2 rings (SSSR count). The Hall–Kier alpha value is -1.37. The first-order chi connectivity index (χ1) is 8.95. The molecule has 1 aliphatic carbocycles. The first-order valence-electron chi connectivity index (χ1n) is 6.35. The Morgan fingerprint density at radius 2 is 2.05 bits per heavy atom. The van der Waals surface area contributed by atoms with Crippen molar-refractivity contribution in [1.29, 1.82) is 0 Å². The molecule has 1 aromatic rings. The number of halogens is 3. The number of hydrogen-bond donors (Lipinski definition) is 2. The fraction of sp³-hybridized carbons (Fsp3) is 0.667. The average molecular weight is 274 g/mol. The molecule has 1 fully saturated rings. The van der Waals surface area contributed by atoms with E-state index in [9.17, 15) is 13.2 Å². The SMILES string of the molecule is NC1CCCC(CNc2ccc(C(F)(F)F)nn2)C1. The number of nitrogens with two attached hydrogens (primary N) is 1. The Morgan fingerprint density at radius 3 is 2.63 bits per heavy atom. The molecule has 19 heavy (non-hydrogen) atoms. The van der Waals surface area contributed by atoms with Gasteiger partial charge in [-0.3, -0.25) is 0 Å². The topological polar surface area (TPSA) is 63.8 Å². The third-order valence-electron chi connectivity index (χ3n) is 3.35. The Bertz CT molecular complexity index is 404. The van der Waals surface area contributed by atoms with Gasteiger partial charge in [0.05, 0.1) is 0 Å². The lowest BCUT2D eigenvalue weighted by atomic mass is 9.86. The summed E-state index contributed by atoms with van der Waals surface area (Å²) in [5.41, 5.74) is 4.91. The second-order valence-corrected chi connectivity index (χ2v) is 4.98. The maximum atomic E-state index is 12.3. The van der Waals surface area contributed by atoms with Crippen LogP contribution in [0.3, 0.4) is 0 Å². The molecule has 0 spiro atoms. The molecule has 1 saturated carbocycles. The molecule has 1 heterocycles. The third-order valence-corrected chi connectivity index (χ3v) is 3.35. The van der Waals surface area contributed by atoms with Gasteiger partial charge in [-0.1, -0.05) is 6.42 Å². The molecule has 7 heteroatoms. The molecular weight excluding hydrogens is 257 g/mol. The van der Waals surface area contributed by atoms with Crippen molar-refractivity contribution in [3.63, 3.8) is 0 Å². The highest BCUT2D eigenvalue weighted by molar-refractivity contribution is 5.33. The van der Waals surface area contributed by atoms with Gasteiger partial charge in [0.1, 0.15) is 5.82 Å². The average Bonchev–Trinajstić information content (AvgIpc) is 2.36. The Morgan fingerprint density at radius 1 is 1.26 bits per heavy atom. The van der Waals surface area contributed by atoms with Crippen LogP contribution in [0.5, 0.6) is 0 Å². The molecule has 0 saturated heterocycles. The highest BCUT2D eigenvalue weighted by Crippen LogP contribution is 2.27. The molecular formula is C12H17F3N4. The fourth-order valence-electron chi connectivity index (χ4n) is 2.34. The number of aromatic nitrogens is 2. The smallest absolute Gasteiger partial charge is 0.368 e. The summed E-state index contributed by atoms with van der Waals surface area (Å²) in [7, 11) is 0. The second-order valence-electron chi connectivity index (χ2n) is 4.98. The van der Waals surface area contributed by atoms with Crippen LogP contribution in [0, 0.1) is 5.92 Å². The molecule has 0 aliphatic heterocycles. The summed E-state index contributed by atoms with van der Waals surface area (Å²) in [6, 6.07) is 2.47. The van der Waals surface area contributed by atoms with Crippen LogP contribution < -0.4 is 11.1 Å². The summed E-state index contributed by atoms with van der Waals surface area (Å²) < 4.78 is 36.9. The van der Waals surface area contributed by atoms with E-state index in [0.29, 0.717) is 18.3 Å². The summed E-state index contributed by atoms with van der Waals surface area (Å²) in [5.74, 6) is 0.819. The monoisotopic (exact) mass is 274 g/mol. The molecule has 0 bridgehead atoms. The normalized spacial score (nSPS) is 24.2. The van der Waals surface area contributed by atoms with E-state index >= 15 is 0 Å². The van der Waals surface area contributed by atoms with Crippen LogP contribution in [0.2, 0.25) is 0 Å². The Kier molecular flexibility index (Phi) is 4.24. The van der Waals surface area contributed by atoms with Gasteiger partial charge in [0, 0.05) is 12.6 Å². The molecule has 4 nitrogen and oxygen atoms in total. The number of anilines is 1. The van der Waals surface area contributed by atoms with E-state index < -0.39 is 11.9 Å². The van der Waals surface area contributed by atoms with Gasteiger partial charge < -0.3 is 11.1 Å². The lowest BCUT2D eigenvalue weighted by Crippen LogP contribution is -2.31. The minimum Gasteiger partial charge on any atom is -0.368 e. The van der Waals surface area contributed by atoms with Gasteiger partial charge in [-0.15, -0.1) is 10.2 Å². The molecule has 2 unspecified atom stereocenters. The van der Waals surface area contributed by atoms with E-state index in [1.807, 2.05) is 0 Å². The van der Waals surface area contributed by atoms with Gasteiger partial charge in [0.15, 0.2) is 5.69 Å². The van der Waals surface area contributed by atoms with Crippen LogP contribution in [0.4, 0.5) is 19.0 Å². The van der Waals surface area contributed by atoms with Crippen molar-refractivity contribution in [2.45, 2.75) is 37.9 Å². The summed E-state index contributed by atoms with van der Waals surface area (Å²) in [6.07, 6.45) is -0.250. The second kappa shape index (κ2) is 5.73. The van der Waals surface area contributed by atoms with Crippen LogP contribution in [0.15, 0.2) is 12.1 Å². The number of rotatable bonds is 3. The quantitative estimate of drug-likeness (QED) is 0.888. The highest BCUT2D eigenvalue weighted by atomic mass is 19.4. The lowest BCUT2D eigenvalue weighted by molar-refractivity contribution is -0.141. The largest absolute Gasteiger partial charge is 0.435 e. The summed E-state index contributed by atoms with van der Waals surface area (Å²) in [6.45, 7) is 0.674. The van der Waals surface area contributed by atoms with Gasteiger partial charge in [0.25, 0.3) is 0 Å². The standard InChI is InChI=1S/C12H17F3N4/c13-12(14,15)10-4-5-11(19-18-10)17-7-8-2-1-3-9(16)6-8/h4-5,8-9H,1-3,6-7,16H2,(H,17,19). The fourth-order valence-corrected chi connectivity index (χ4v) is 2.34. The molecule has 106 valence electrons. The van der Waals surface area contributed by atoms with Crippen molar-refractivity contribution in [2.24, 2.45) is 11.7 Å². The van der Waals surface area contributed by atoms with E-state index in [4.69, 9.17) is 5.73 Å². The van der Waals surface area contributed by atoms with Crippen LogP contribution in [0.25, 0.3) is 0 Å². The van der Waals surface area contributed by atoms with Crippen LogP contribution >= 0.6 is 0 Å².